The summed E-state index contributed by atoms with van der Waals surface area (Å²) in [5, 5.41) is 13.1. The molecule has 0 aromatic heterocycles. The number of nitrogens with one attached hydrogen (secondary N) is 1. The van der Waals surface area contributed by atoms with Crippen molar-refractivity contribution in [2.24, 2.45) is 11.7 Å². The fraction of sp³-hybridized carbons (Fsp3) is 1.00. The highest BCUT2D eigenvalue weighted by Crippen LogP contribution is 2.12. The smallest absolute Gasteiger partial charge is 0.128 e. The van der Waals surface area contributed by atoms with Gasteiger partial charge in [0.15, 0.2) is 0 Å². The first kappa shape index (κ1) is 10.9. The van der Waals surface area contributed by atoms with Crippen LogP contribution in [0.2, 0.25) is 0 Å². The molecule has 1 aliphatic rings. The Morgan fingerprint density at radius 2 is 2.00 bits per heavy atom. The van der Waals surface area contributed by atoms with E-state index < -0.39 is 5.72 Å². The number of rotatable bonds is 3. The number of hydrogen-bond acceptors (Lipinski definition) is 4. The highest BCUT2D eigenvalue weighted by atomic mass is 16.3. The highest BCUT2D eigenvalue weighted by molar-refractivity contribution is 4.81. The largest absolute Gasteiger partial charge is 0.374 e. The first-order valence-electron chi connectivity index (χ1n) is 4.97. The van der Waals surface area contributed by atoms with Crippen LogP contribution in [-0.4, -0.2) is 48.5 Å². The molecule has 0 saturated carbocycles. The Labute approximate surface area is 80.1 Å². The number of nitrogens with two attached hydrogens (primary N) is 1. The Bertz CT molecular complexity index is 153. The summed E-state index contributed by atoms with van der Waals surface area (Å²) in [6, 6.07) is 0. The zero-order valence-corrected chi connectivity index (χ0v) is 8.58. The van der Waals surface area contributed by atoms with Gasteiger partial charge in [-0.05, 0) is 5.92 Å². The van der Waals surface area contributed by atoms with E-state index in [1.54, 1.807) is 0 Å². The average molecular weight is 187 g/mol. The second kappa shape index (κ2) is 4.37. The van der Waals surface area contributed by atoms with E-state index in [0.717, 1.165) is 26.2 Å². The predicted octanol–water partition coefficient (Wildman–Crippen LogP) is -0.805. The molecule has 4 heteroatoms. The standard InChI is InChI=1S/C9H21N3O/c1-8(2)9(10,13)7-12-5-3-11-4-6-12/h8,11,13H,3-7,10H2,1-2H3. The summed E-state index contributed by atoms with van der Waals surface area (Å²) in [5.41, 5.74) is 4.74. The third-order valence-electron chi connectivity index (χ3n) is 2.69. The van der Waals surface area contributed by atoms with Gasteiger partial charge in [0.2, 0.25) is 0 Å². The molecule has 1 fully saturated rings. The van der Waals surface area contributed by atoms with Crippen molar-refractivity contribution in [3.8, 4) is 0 Å². The minimum atomic E-state index is -1.04. The van der Waals surface area contributed by atoms with E-state index >= 15 is 0 Å². The van der Waals surface area contributed by atoms with Gasteiger partial charge >= 0.3 is 0 Å². The van der Waals surface area contributed by atoms with Gasteiger partial charge in [0.1, 0.15) is 5.72 Å². The van der Waals surface area contributed by atoms with Crippen LogP contribution < -0.4 is 11.1 Å². The van der Waals surface area contributed by atoms with Gasteiger partial charge in [-0.3, -0.25) is 4.90 Å². The number of piperazine rings is 1. The summed E-state index contributed by atoms with van der Waals surface area (Å²) in [6.07, 6.45) is 0. The van der Waals surface area contributed by atoms with Crippen molar-refractivity contribution in [2.75, 3.05) is 32.7 Å². The van der Waals surface area contributed by atoms with Crippen molar-refractivity contribution in [3.63, 3.8) is 0 Å². The summed E-state index contributed by atoms with van der Waals surface area (Å²) >= 11 is 0. The van der Waals surface area contributed by atoms with Gasteiger partial charge in [0, 0.05) is 32.7 Å². The van der Waals surface area contributed by atoms with Crippen molar-refractivity contribution < 1.29 is 5.11 Å². The maximum atomic E-state index is 9.86. The lowest BCUT2D eigenvalue weighted by atomic mass is 10.00. The van der Waals surface area contributed by atoms with Crippen LogP contribution in [0.3, 0.4) is 0 Å². The molecule has 0 radical (unpaired) electrons. The molecule has 1 saturated heterocycles. The molecule has 0 spiro atoms. The third kappa shape index (κ3) is 3.23. The van der Waals surface area contributed by atoms with E-state index in [0.29, 0.717) is 6.54 Å². The zero-order chi connectivity index (χ0) is 9.90. The lowest BCUT2D eigenvalue weighted by Crippen LogP contribution is -2.57. The van der Waals surface area contributed by atoms with E-state index in [1.165, 1.54) is 0 Å². The van der Waals surface area contributed by atoms with Crippen LogP contribution >= 0.6 is 0 Å². The molecular weight excluding hydrogens is 166 g/mol. The van der Waals surface area contributed by atoms with Crippen LogP contribution in [0.15, 0.2) is 0 Å². The van der Waals surface area contributed by atoms with Crippen molar-refractivity contribution in [1.29, 1.82) is 0 Å². The molecule has 1 rings (SSSR count). The molecule has 1 aliphatic heterocycles. The molecular formula is C9H21N3O. The quantitative estimate of drug-likeness (QED) is 0.506. The minimum absolute atomic E-state index is 0.0994. The molecule has 4 nitrogen and oxygen atoms in total. The van der Waals surface area contributed by atoms with E-state index in [1.807, 2.05) is 13.8 Å². The Balaban J connectivity index is 2.37. The summed E-state index contributed by atoms with van der Waals surface area (Å²) in [4.78, 5) is 2.20. The van der Waals surface area contributed by atoms with Crippen LogP contribution in [0.1, 0.15) is 13.8 Å². The molecule has 0 aliphatic carbocycles. The molecule has 0 amide bonds. The van der Waals surface area contributed by atoms with Gasteiger partial charge in [-0.2, -0.15) is 0 Å². The second-order valence-corrected chi connectivity index (χ2v) is 4.17. The van der Waals surface area contributed by atoms with Gasteiger partial charge in [0.05, 0.1) is 0 Å². The molecule has 78 valence electrons. The molecule has 0 aromatic carbocycles. The molecule has 1 heterocycles. The Morgan fingerprint density at radius 3 is 2.46 bits per heavy atom. The van der Waals surface area contributed by atoms with Crippen LogP contribution in [0.5, 0.6) is 0 Å². The van der Waals surface area contributed by atoms with E-state index in [-0.39, 0.29) is 5.92 Å². The third-order valence-corrected chi connectivity index (χ3v) is 2.69. The van der Waals surface area contributed by atoms with Crippen LogP contribution in [0.4, 0.5) is 0 Å². The highest BCUT2D eigenvalue weighted by Gasteiger charge is 2.28. The van der Waals surface area contributed by atoms with Gasteiger partial charge in [0.25, 0.3) is 0 Å². The van der Waals surface area contributed by atoms with Crippen molar-refractivity contribution in [1.82, 2.24) is 10.2 Å². The van der Waals surface area contributed by atoms with E-state index in [2.05, 4.69) is 10.2 Å². The van der Waals surface area contributed by atoms with Crippen LogP contribution in [0.25, 0.3) is 0 Å². The number of aliphatic hydroxyl groups is 1. The van der Waals surface area contributed by atoms with Crippen LogP contribution in [-0.2, 0) is 0 Å². The van der Waals surface area contributed by atoms with Gasteiger partial charge in [-0.25, -0.2) is 0 Å². The zero-order valence-electron chi connectivity index (χ0n) is 8.58. The second-order valence-electron chi connectivity index (χ2n) is 4.17. The topological polar surface area (TPSA) is 61.5 Å². The summed E-state index contributed by atoms with van der Waals surface area (Å²) < 4.78 is 0. The lowest BCUT2D eigenvalue weighted by molar-refractivity contribution is -0.0317. The summed E-state index contributed by atoms with van der Waals surface area (Å²) in [6.45, 7) is 8.41. The Kier molecular flexibility index (Phi) is 3.67. The Hall–Kier alpha value is -0.160. The molecule has 4 N–H and O–H groups in total. The van der Waals surface area contributed by atoms with Crippen molar-refractivity contribution >= 4 is 0 Å². The average Bonchev–Trinajstić information content (AvgIpc) is 2.05. The molecule has 1 unspecified atom stereocenters. The fourth-order valence-electron chi connectivity index (χ4n) is 1.41. The number of nitrogens with zero attached hydrogens (tertiary/aromatic N) is 1. The SMILES string of the molecule is CC(C)C(N)(O)CN1CCNCC1. The summed E-state index contributed by atoms with van der Waals surface area (Å²) in [7, 11) is 0. The van der Waals surface area contributed by atoms with Crippen molar-refractivity contribution in [2.45, 2.75) is 19.6 Å². The lowest BCUT2D eigenvalue weighted by Gasteiger charge is -2.36. The first-order valence-corrected chi connectivity index (χ1v) is 4.97. The molecule has 1 atom stereocenters. The molecule has 0 bridgehead atoms. The predicted molar refractivity (Wildman–Crippen MR) is 53.3 cm³/mol. The molecule has 13 heavy (non-hydrogen) atoms. The number of β-amino-alcohol motifs (C(OH)–C–C–N with tert-alkyl or cyclic N) is 1. The normalized spacial score (nSPS) is 24.7. The van der Waals surface area contributed by atoms with Gasteiger partial charge in [-0.15, -0.1) is 0 Å². The maximum Gasteiger partial charge on any atom is 0.128 e. The minimum Gasteiger partial charge on any atom is -0.374 e. The number of hydrogen-bond donors (Lipinski definition) is 3. The fourth-order valence-corrected chi connectivity index (χ4v) is 1.41. The Morgan fingerprint density at radius 1 is 1.46 bits per heavy atom. The van der Waals surface area contributed by atoms with Crippen molar-refractivity contribution in [3.05, 3.63) is 0 Å². The van der Waals surface area contributed by atoms with Gasteiger partial charge in [-0.1, -0.05) is 13.8 Å². The monoisotopic (exact) mass is 187 g/mol. The van der Waals surface area contributed by atoms with Crippen LogP contribution in [0, 0.1) is 5.92 Å². The van der Waals surface area contributed by atoms with E-state index in [9.17, 15) is 5.11 Å². The van der Waals surface area contributed by atoms with Gasteiger partial charge < -0.3 is 16.2 Å². The van der Waals surface area contributed by atoms with E-state index in [4.69, 9.17) is 5.73 Å². The first-order chi connectivity index (χ1) is 6.02. The summed E-state index contributed by atoms with van der Waals surface area (Å²) in [5.74, 6) is 0.0994. The maximum absolute atomic E-state index is 9.86. The molecule has 0 aromatic rings.